The van der Waals surface area contributed by atoms with Gasteiger partial charge in [-0.3, -0.25) is 4.90 Å². The molecular weight excluding hydrogens is 224 g/mol. The predicted molar refractivity (Wildman–Crippen MR) is 75.8 cm³/mol. The Morgan fingerprint density at radius 1 is 1.44 bits per heavy atom. The van der Waals surface area contributed by atoms with Gasteiger partial charge in [-0.1, -0.05) is 32.4 Å². The molecule has 1 saturated heterocycles. The summed E-state index contributed by atoms with van der Waals surface area (Å²) in [5.74, 6) is 0. The first-order chi connectivity index (χ1) is 8.55. The Morgan fingerprint density at radius 2 is 2.28 bits per heavy atom. The van der Waals surface area contributed by atoms with Gasteiger partial charge in [-0.2, -0.15) is 0 Å². The maximum absolute atomic E-state index is 5.49. The van der Waals surface area contributed by atoms with Crippen molar-refractivity contribution in [1.29, 1.82) is 0 Å². The molecule has 2 aliphatic heterocycles. The van der Waals surface area contributed by atoms with Gasteiger partial charge in [0.1, 0.15) is 0 Å². The summed E-state index contributed by atoms with van der Waals surface area (Å²) in [4.78, 5) is 2.56. The summed E-state index contributed by atoms with van der Waals surface area (Å²) in [5.41, 5.74) is 1.98. The second kappa shape index (κ2) is 6.18. The highest BCUT2D eigenvalue weighted by atomic mass is 16.5. The molecule has 0 radical (unpaired) electrons. The van der Waals surface area contributed by atoms with Gasteiger partial charge in [-0.15, -0.1) is 0 Å². The fourth-order valence-electron chi connectivity index (χ4n) is 2.74. The van der Waals surface area contributed by atoms with E-state index in [1.54, 1.807) is 5.57 Å². The topological polar surface area (TPSA) is 24.5 Å². The summed E-state index contributed by atoms with van der Waals surface area (Å²) in [6, 6.07) is 0.562. The van der Waals surface area contributed by atoms with Gasteiger partial charge < -0.3 is 10.1 Å². The zero-order chi connectivity index (χ0) is 13.0. The predicted octanol–water partition coefficient (Wildman–Crippen LogP) is 2.04. The minimum absolute atomic E-state index is 0.352. The maximum Gasteiger partial charge on any atom is 0.0620 e. The molecule has 104 valence electrons. The summed E-state index contributed by atoms with van der Waals surface area (Å²) < 4.78 is 5.49. The van der Waals surface area contributed by atoms with Crippen molar-refractivity contribution in [1.82, 2.24) is 10.2 Å². The summed E-state index contributed by atoms with van der Waals surface area (Å²) in [5, 5.41) is 3.52. The highest BCUT2D eigenvalue weighted by molar-refractivity contribution is 5.14. The minimum Gasteiger partial charge on any atom is -0.379 e. The van der Waals surface area contributed by atoms with Crippen LogP contribution in [0.2, 0.25) is 0 Å². The Labute approximate surface area is 112 Å². The number of morpholine rings is 1. The van der Waals surface area contributed by atoms with E-state index >= 15 is 0 Å². The first kappa shape index (κ1) is 14.0. The standard InChI is InChI=1S/C15H28N2O/c1-15(2,3)13-4-8-17(9-5-13)10-6-14-12-18-11-7-16-14/h4,14,16H,5-12H2,1-3H3. The second-order valence-electron chi connectivity index (χ2n) is 6.54. The zero-order valence-electron chi connectivity index (χ0n) is 12.2. The Bertz CT molecular complexity index is 287. The third-order valence-electron chi connectivity index (χ3n) is 4.05. The van der Waals surface area contributed by atoms with E-state index in [2.05, 4.69) is 37.1 Å². The normalized spacial score (nSPS) is 27.1. The zero-order valence-corrected chi connectivity index (χ0v) is 12.2. The summed E-state index contributed by atoms with van der Waals surface area (Å²) in [6.07, 6.45) is 4.88. The molecule has 0 saturated carbocycles. The van der Waals surface area contributed by atoms with E-state index in [4.69, 9.17) is 4.74 Å². The molecule has 3 nitrogen and oxygen atoms in total. The monoisotopic (exact) mass is 252 g/mol. The lowest BCUT2D eigenvalue weighted by Crippen LogP contribution is -2.43. The van der Waals surface area contributed by atoms with E-state index in [1.165, 1.54) is 25.9 Å². The van der Waals surface area contributed by atoms with E-state index in [0.29, 0.717) is 11.5 Å². The van der Waals surface area contributed by atoms with Crippen LogP contribution in [0.25, 0.3) is 0 Å². The largest absolute Gasteiger partial charge is 0.379 e. The molecule has 3 heteroatoms. The molecule has 2 aliphatic rings. The third kappa shape index (κ3) is 4.08. The molecule has 0 aromatic heterocycles. The number of hydrogen-bond donors (Lipinski definition) is 1. The van der Waals surface area contributed by atoms with Gasteiger partial charge in [-0.05, 0) is 18.3 Å². The number of nitrogens with one attached hydrogen (secondary N) is 1. The fourth-order valence-corrected chi connectivity index (χ4v) is 2.74. The number of ether oxygens (including phenoxy) is 1. The average Bonchev–Trinajstić information content (AvgIpc) is 2.37. The van der Waals surface area contributed by atoms with Gasteiger partial charge >= 0.3 is 0 Å². The van der Waals surface area contributed by atoms with Crippen LogP contribution < -0.4 is 5.32 Å². The van der Waals surface area contributed by atoms with E-state index in [9.17, 15) is 0 Å². The molecule has 0 aliphatic carbocycles. The van der Waals surface area contributed by atoms with Crippen LogP contribution in [0.4, 0.5) is 0 Å². The lowest BCUT2D eigenvalue weighted by molar-refractivity contribution is 0.0702. The van der Waals surface area contributed by atoms with Gasteiger partial charge in [0.2, 0.25) is 0 Å². The first-order valence-corrected chi connectivity index (χ1v) is 7.29. The van der Waals surface area contributed by atoms with Crippen molar-refractivity contribution in [3.8, 4) is 0 Å². The van der Waals surface area contributed by atoms with E-state index < -0.39 is 0 Å². The molecule has 2 rings (SSSR count). The number of hydrogen-bond acceptors (Lipinski definition) is 3. The van der Waals surface area contributed by atoms with E-state index in [0.717, 1.165) is 26.3 Å². The van der Waals surface area contributed by atoms with Crippen LogP contribution in [-0.4, -0.2) is 50.3 Å². The van der Waals surface area contributed by atoms with Crippen molar-refractivity contribution < 1.29 is 4.74 Å². The SMILES string of the molecule is CC(C)(C)C1=CCN(CCC2COCCN2)CC1. The Morgan fingerprint density at radius 3 is 2.83 bits per heavy atom. The highest BCUT2D eigenvalue weighted by Crippen LogP contribution is 2.30. The van der Waals surface area contributed by atoms with Gasteiger partial charge in [-0.25, -0.2) is 0 Å². The van der Waals surface area contributed by atoms with Crippen molar-refractivity contribution in [2.75, 3.05) is 39.4 Å². The Kier molecular flexibility index (Phi) is 4.82. The lowest BCUT2D eigenvalue weighted by Gasteiger charge is -2.33. The molecule has 1 atom stereocenters. The smallest absolute Gasteiger partial charge is 0.0620 e. The molecule has 0 aromatic rings. The summed E-state index contributed by atoms with van der Waals surface area (Å²) in [6.45, 7) is 13.3. The number of rotatable bonds is 3. The van der Waals surface area contributed by atoms with Gasteiger partial charge in [0.25, 0.3) is 0 Å². The molecular formula is C15H28N2O. The van der Waals surface area contributed by atoms with Crippen LogP contribution in [0, 0.1) is 5.41 Å². The Balaban J connectivity index is 1.71. The highest BCUT2D eigenvalue weighted by Gasteiger charge is 2.21. The second-order valence-corrected chi connectivity index (χ2v) is 6.54. The average molecular weight is 252 g/mol. The van der Waals surface area contributed by atoms with Crippen LogP contribution in [0.3, 0.4) is 0 Å². The van der Waals surface area contributed by atoms with Crippen LogP contribution >= 0.6 is 0 Å². The van der Waals surface area contributed by atoms with Crippen LogP contribution in [0.15, 0.2) is 11.6 Å². The third-order valence-corrected chi connectivity index (χ3v) is 4.05. The van der Waals surface area contributed by atoms with Crippen LogP contribution in [-0.2, 0) is 4.74 Å². The minimum atomic E-state index is 0.352. The van der Waals surface area contributed by atoms with Crippen molar-refractivity contribution in [2.45, 2.75) is 39.7 Å². The van der Waals surface area contributed by atoms with Crippen molar-refractivity contribution in [3.05, 3.63) is 11.6 Å². The molecule has 1 unspecified atom stereocenters. The van der Waals surface area contributed by atoms with Crippen molar-refractivity contribution >= 4 is 0 Å². The van der Waals surface area contributed by atoms with E-state index in [1.807, 2.05) is 0 Å². The van der Waals surface area contributed by atoms with Crippen LogP contribution in [0.5, 0.6) is 0 Å². The summed E-state index contributed by atoms with van der Waals surface area (Å²) >= 11 is 0. The van der Waals surface area contributed by atoms with Gasteiger partial charge in [0, 0.05) is 32.2 Å². The quantitative estimate of drug-likeness (QED) is 0.778. The fraction of sp³-hybridized carbons (Fsp3) is 0.867. The molecule has 2 heterocycles. The molecule has 1 N–H and O–H groups in total. The lowest BCUT2D eigenvalue weighted by atomic mass is 9.83. The van der Waals surface area contributed by atoms with Gasteiger partial charge in [0.05, 0.1) is 13.2 Å². The van der Waals surface area contributed by atoms with E-state index in [-0.39, 0.29) is 0 Å². The molecule has 1 fully saturated rings. The van der Waals surface area contributed by atoms with Gasteiger partial charge in [0.15, 0.2) is 0 Å². The van der Waals surface area contributed by atoms with Crippen LogP contribution in [0.1, 0.15) is 33.6 Å². The maximum atomic E-state index is 5.49. The van der Waals surface area contributed by atoms with Crippen molar-refractivity contribution in [3.63, 3.8) is 0 Å². The molecule has 0 bridgehead atoms. The molecule has 0 spiro atoms. The molecule has 18 heavy (non-hydrogen) atoms. The summed E-state index contributed by atoms with van der Waals surface area (Å²) in [7, 11) is 0. The number of nitrogens with zero attached hydrogens (tertiary/aromatic N) is 1. The molecule has 0 amide bonds. The van der Waals surface area contributed by atoms with Crippen molar-refractivity contribution in [2.24, 2.45) is 5.41 Å². The first-order valence-electron chi connectivity index (χ1n) is 7.29. The molecule has 0 aromatic carbocycles. The Hall–Kier alpha value is -0.380.